The van der Waals surface area contributed by atoms with Crippen LogP contribution in [0.25, 0.3) is 0 Å². The van der Waals surface area contributed by atoms with E-state index in [0.717, 1.165) is 36.8 Å². The molecule has 5 heteroatoms. The van der Waals surface area contributed by atoms with E-state index in [0.29, 0.717) is 11.5 Å². The highest BCUT2D eigenvalue weighted by Gasteiger charge is 2.33. The summed E-state index contributed by atoms with van der Waals surface area (Å²) < 4.78 is 22.8. The number of ether oxygens (including phenoxy) is 4. The van der Waals surface area contributed by atoms with Gasteiger partial charge in [0.1, 0.15) is 6.10 Å². The van der Waals surface area contributed by atoms with Crippen LogP contribution in [0.2, 0.25) is 0 Å². The van der Waals surface area contributed by atoms with Crippen LogP contribution in [-0.2, 0) is 14.3 Å². The molecule has 2 aromatic carbocycles. The van der Waals surface area contributed by atoms with Crippen molar-refractivity contribution in [2.75, 3.05) is 21.3 Å². The van der Waals surface area contributed by atoms with Gasteiger partial charge in [-0.3, -0.25) is 0 Å². The lowest BCUT2D eigenvalue weighted by molar-refractivity contribution is -0.165. The molecule has 2 atom stereocenters. The molecule has 0 aliphatic rings. The van der Waals surface area contributed by atoms with E-state index < -0.39 is 18.2 Å². The van der Waals surface area contributed by atoms with Crippen LogP contribution in [0.15, 0.2) is 48.5 Å². The van der Waals surface area contributed by atoms with Crippen LogP contribution < -0.4 is 9.47 Å². The molecule has 2 aromatic rings. The Balaban J connectivity index is 2.45. The van der Waals surface area contributed by atoms with Crippen molar-refractivity contribution >= 4 is 5.97 Å². The second-order valence-corrected chi connectivity index (χ2v) is 7.30. The van der Waals surface area contributed by atoms with E-state index in [2.05, 4.69) is 13.8 Å². The quantitative estimate of drug-likeness (QED) is 0.405. The average Bonchev–Trinajstić information content (AvgIpc) is 2.78. The standard InChI is InChI=1S/C25H34O5/c1-6-12-18(13-7-2)22(20-16-11-17-21(27-3)24(20)29-5)30-25(26)23(28-4)19-14-9-8-10-15-19/h8-11,14-18,22-23H,6-7,12-13H2,1-5H3. The lowest BCUT2D eigenvalue weighted by atomic mass is 9.87. The minimum absolute atomic E-state index is 0.165. The number of methoxy groups -OCH3 is 3. The first kappa shape index (κ1) is 23.7. The van der Waals surface area contributed by atoms with Crippen molar-refractivity contribution in [1.29, 1.82) is 0 Å². The van der Waals surface area contributed by atoms with Gasteiger partial charge in [-0.15, -0.1) is 0 Å². The number of hydrogen-bond acceptors (Lipinski definition) is 5. The van der Waals surface area contributed by atoms with Crippen molar-refractivity contribution < 1.29 is 23.7 Å². The molecule has 0 radical (unpaired) electrons. The smallest absolute Gasteiger partial charge is 0.340 e. The molecule has 0 spiro atoms. The monoisotopic (exact) mass is 414 g/mol. The number of hydrogen-bond donors (Lipinski definition) is 0. The molecule has 0 heterocycles. The Morgan fingerprint density at radius 3 is 2.07 bits per heavy atom. The second kappa shape index (κ2) is 12.2. The summed E-state index contributed by atoms with van der Waals surface area (Å²) >= 11 is 0. The molecule has 5 nitrogen and oxygen atoms in total. The van der Waals surface area contributed by atoms with Gasteiger partial charge >= 0.3 is 5.97 Å². The van der Waals surface area contributed by atoms with E-state index in [9.17, 15) is 4.79 Å². The molecule has 0 bridgehead atoms. The molecule has 2 unspecified atom stereocenters. The maximum atomic E-state index is 13.2. The van der Waals surface area contributed by atoms with Gasteiger partial charge in [0.05, 0.1) is 14.2 Å². The van der Waals surface area contributed by atoms with Gasteiger partial charge < -0.3 is 18.9 Å². The first-order valence-corrected chi connectivity index (χ1v) is 10.6. The van der Waals surface area contributed by atoms with E-state index in [1.54, 1.807) is 14.2 Å². The third kappa shape index (κ3) is 5.76. The van der Waals surface area contributed by atoms with Crippen molar-refractivity contribution in [2.24, 2.45) is 5.92 Å². The second-order valence-electron chi connectivity index (χ2n) is 7.30. The van der Waals surface area contributed by atoms with Gasteiger partial charge in [0.25, 0.3) is 0 Å². The summed E-state index contributed by atoms with van der Waals surface area (Å²) in [5, 5.41) is 0. The van der Waals surface area contributed by atoms with Gasteiger partial charge in [0.15, 0.2) is 17.6 Å². The highest BCUT2D eigenvalue weighted by molar-refractivity contribution is 5.77. The van der Waals surface area contributed by atoms with Gasteiger partial charge in [-0.1, -0.05) is 69.2 Å². The van der Waals surface area contributed by atoms with Crippen LogP contribution in [0.1, 0.15) is 62.9 Å². The molecular weight excluding hydrogens is 380 g/mol. The minimum Gasteiger partial charge on any atom is -0.493 e. The SMILES string of the molecule is CCCC(CCC)C(OC(=O)C(OC)c1ccccc1)c1cccc(OC)c1OC. The molecule has 164 valence electrons. The van der Waals surface area contributed by atoms with Gasteiger partial charge in [0, 0.05) is 18.6 Å². The molecule has 0 amide bonds. The summed E-state index contributed by atoms with van der Waals surface area (Å²) in [7, 11) is 4.74. The minimum atomic E-state index is -0.783. The summed E-state index contributed by atoms with van der Waals surface area (Å²) in [5.41, 5.74) is 1.59. The van der Waals surface area contributed by atoms with Crippen LogP contribution in [0.4, 0.5) is 0 Å². The van der Waals surface area contributed by atoms with Crippen molar-refractivity contribution in [2.45, 2.75) is 51.7 Å². The fourth-order valence-electron chi connectivity index (χ4n) is 3.92. The maximum Gasteiger partial charge on any atom is 0.340 e. The third-order valence-corrected chi connectivity index (χ3v) is 5.28. The van der Waals surface area contributed by atoms with Crippen molar-refractivity contribution in [3.05, 3.63) is 59.7 Å². The molecule has 0 saturated heterocycles. The van der Waals surface area contributed by atoms with E-state index in [1.807, 2.05) is 48.5 Å². The van der Waals surface area contributed by atoms with E-state index >= 15 is 0 Å². The number of rotatable bonds is 12. The van der Waals surface area contributed by atoms with Crippen LogP contribution in [0.3, 0.4) is 0 Å². The fourth-order valence-corrected chi connectivity index (χ4v) is 3.92. The van der Waals surface area contributed by atoms with E-state index in [-0.39, 0.29) is 5.92 Å². The van der Waals surface area contributed by atoms with Gasteiger partial charge in [-0.25, -0.2) is 4.79 Å². The van der Waals surface area contributed by atoms with Crippen LogP contribution in [0.5, 0.6) is 11.5 Å². The summed E-state index contributed by atoms with van der Waals surface area (Å²) in [5.74, 6) is 0.979. The normalized spacial score (nSPS) is 13.0. The maximum absolute atomic E-state index is 13.2. The number of benzene rings is 2. The molecular formula is C25H34O5. The molecule has 2 rings (SSSR count). The van der Waals surface area contributed by atoms with Crippen LogP contribution in [0, 0.1) is 5.92 Å². The molecule has 0 N–H and O–H groups in total. The van der Waals surface area contributed by atoms with Gasteiger partial charge in [-0.2, -0.15) is 0 Å². The Labute approximate surface area is 180 Å². The third-order valence-electron chi connectivity index (χ3n) is 5.28. The lowest BCUT2D eigenvalue weighted by Gasteiger charge is -2.30. The van der Waals surface area contributed by atoms with Crippen LogP contribution >= 0.6 is 0 Å². The average molecular weight is 415 g/mol. The topological polar surface area (TPSA) is 54.0 Å². The van der Waals surface area contributed by atoms with Gasteiger partial charge in [0.2, 0.25) is 0 Å². The Hall–Kier alpha value is -2.53. The molecule has 30 heavy (non-hydrogen) atoms. The van der Waals surface area contributed by atoms with Gasteiger partial charge in [-0.05, 0) is 24.5 Å². The predicted octanol–water partition coefficient (Wildman–Crippen LogP) is 5.89. The highest BCUT2D eigenvalue weighted by atomic mass is 16.6. The Bertz CT molecular complexity index is 768. The molecule has 0 saturated carbocycles. The molecule has 0 fully saturated rings. The van der Waals surface area contributed by atoms with Crippen molar-refractivity contribution in [1.82, 2.24) is 0 Å². The fraction of sp³-hybridized carbons (Fsp3) is 0.480. The van der Waals surface area contributed by atoms with Crippen molar-refractivity contribution in [3.63, 3.8) is 0 Å². The first-order chi connectivity index (χ1) is 14.6. The molecule has 0 aromatic heterocycles. The van der Waals surface area contributed by atoms with E-state index in [1.165, 1.54) is 7.11 Å². The number of para-hydroxylation sites is 1. The summed E-state index contributed by atoms with van der Waals surface area (Å²) in [6.45, 7) is 4.29. The zero-order valence-corrected chi connectivity index (χ0v) is 18.7. The zero-order valence-electron chi connectivity index (χ0n) is 18.7. The molecule has 0 aliphatic heterocycles. The van der Waals surface area contributed by atoms with Crippen molar-refractivity contribution in [3.8, 4) is 11.5 Å². The van der Waals surface area contributed by atoms with Crippen LogP contribution in [-0.4, -0.2) is 27.3 Å². The summed E-state index contributed by atoms with van der Waals surface area (Å²) in [6.07, 6.45) is 2.64. The summed E-state index contributed by atoms with van der Waals surface area (Å²) in [6, 6.07) is 15.1. The first-order valence-electron chi connectivity index (χ1n) is 10.6. The Kier molecular flexibility index (Phi) is 9.68. The Morgan fingerprint density at radius 1 is 0.867 bits per heavy atom. The predicted molar refractivity (Wildman–Crippen MR) is 118 cm³/mol. The van der Waals surface area contributed by atoms with E-state index in [4.69, 9.17) is 18.9 Å². The zero-order chi connectivity index (χ0) is 21.9. The lowest BCUT2D eigenvalue weighted by Crippen LogP contribution is -2.25. The largest absolute Gasteiger partial charge is 0.493 e. The number of carbonyl (C=O) groups is 1. The summed E-state index contributed by atoms with van der Waals surface area (Å²) in [4.78, 5) is 13.2. The number of esters is 1. The molecule has 0 aliphatic carbocycles. The number of carbonyl (C=O) groups excluding carboxylic acids is 1. The highest BCUT2D eigenvalue weighted by Crippen LogP contribution is 2.42. The Morgan fingerprint density at radius 2 is 1.53 bits per heavy atom.